The van der Waals surface area contributed by atoms with Crippen molar-refractivity contribution in [3.63, 3.8) is 0 Å². The second kappa shape index (κ2) is 7.93. The Morgan fingerprint density at radius 3 is 2.48 bits per heavy atom. The van der Waals surface area contributed by atoms with E-state index < -0.39 is 0 Å². The third-order valence-corrected chi connectivity index (χ3v) is 5.27. The fraction of sp³-hybridized carbons (Fsp3) is 0.263. The molecule has 2 aromatic rings. The highest BCUT2D eigenvalue weighted by Gasteiger charge is 2.26. The van der Waals surface area contributed by atoms with Crippen LogP contribution in [-0.4, -0.2) is 30.0 Å². The standard InChI is InChI=1S/C19H19ClN2O2S/c1-13-12-25-19(21-13)22(16-7-5-15(20)6-8-16)18(23)11-14-3-9-17(24-2)10-4-14/h3-10,13H,11-12H2,1-2H3/t13-/m1/s1. The van der Waals surface area contributed by atoms with Crippen LogP contribution in [0.2, 0.25) is 5.02 Å². The highest BCUT2D eigenvalue weighted by Crippen LogP contribution is 2.27. The second-order valence-corrected chi connectivity index (χ2v) is 7.23. The van der Waals surface area contributed by atoms with E-state index in [2.05, 4.69) is 4.99 Å². The van der Waals surface area contributed by atoms with Crippen molar-refractivity contribution in [2.45, 2.75) is 19.4 Å². The van der Waals surface area contributed by atoms with Crippen molar-refractivity contribution in [3.05, 3.63) is 59.1 Å². The lowest BCUT2D eigenvalue weighted by Gasteiger charge is -2.22. The number of ether oxygens (including phenoxy) is 1. The van der Waals surface area contributed by atoms with E-state index in [1.54, 1.807) is 35.9 Å². The topological polar surface area (TPSA) is 41.9 Å². The first-order valence-electron chi connectivity index (χ1n) is 7.99. The zero-order valence-corrected chi connectivity index (χ0v) is 15.7. The molecule has 3 rings (SSSR count). The molecule has 25 heavy (non-hydrogen) atoms. The monoisotopic (exact) mass is 374 g/mol. The molecule has 1 aliphatic heterocycles. The highest BCUT2D eigenvalue weighted by molar-refractivity contribution is 8.14. The van der Waals surface area contributed by atoms with Gasteiger partial charge < -0.3 is 4.74 Å². The van der Waals surface area contributed by atoms with Crippen LogP contribution in [0.4, 0.5) is 5.69 Å². The van der Waals surface area contributed by atoms with Gasteiger partial charge in [-0.05, 0) is 48.9 Å². The van der Waals surface area contributed by atoms with Gasteiger partial charge in [0.25, 0.3) is 0 Å². The molecule has 6 heteroatoms. The number of thioether (sulfide) groups is 1. The molecule has 1 amide bonds. The minimum Gasteiger partial charge on any atom is -0.497 e. The van der Waals surface area contributed by atoms with Gasteiger partial charge >= 0.3 is 0 Å². The van der Waals surface area contributed by atoms with Gasteiger partial charge in [0, 0.05) is 10.8 Å². The molecule has 4 nitrogen and oxygen atoms in total. The summed E-state index contributed by atoms with van der Waals surface area (Å²) in [7, 11) is 1.62. The van der Waals surface area contributed by atoms with E-state index in [1.165, 1.54) is 0 Å². The molecule has 0 aliphatic carbocycles. The summed E-state index contributed by atoms with van der Waals surface area (Å²) in [6, 6.07) is 15.0. The van der Waals surface area contributed by atoms with Crippen molar-refractivity contribution in [1.29, 1.82) is 0 Å². The van der Waals surface area contributed by atoms with Gasteiger partial charge in [0.05, 0.1) is 25.3 Å². The van der Waals surface area contributed by atoms with Crippen LogP contribution in [0.1, 0.15) is 12.5 Å². The largest absolute Gasteiger partial charge is 0.497 e. The van der Waals surface area contributed by atoms with Crippen molar-refractivity contribution in [2.24, 2.45) is 4.99 Å². The highest BCUT2D eigenvalue weighted by atomic mass is 35.5. The number of methoxy groups -OCH3 is 1. The number of carbonyl (C=O) groups excluding carboxylic acids is 1. The number of benzene rings is 2. The maximum atomic E-state index is 13.0. The maximum absolute atomic E-state index is 13.0. The number of amidine groups is 1. The molecule has 130 valence electrons. The summed E-state index contributed by atoms with van der Waals surface area (Å²) in [5.41, 5.74) is 1.71. The summed E-state index contributed by atoms with van der Waals surface area (Å²) < 4.78 is 5.16. The Bertz CT molecular complexity index is 775. The van der Waals surface area contributed by atoms with Crippen LogP contribution >= 0.6 is 23.4 Å². The maximum Gasteiger partial charge on any atom is 0.237 e. The van der Waals surface area contributed by atoms with E-state index in [0.717, 1.165) is 27.9 Å². The first-order chi connectivity index (χ1) is 12.1. The Morgan fingerprint density at radius 1 is 1.24 bits per heavy atom. The van der Waals surface area contributed by atoms with Crippen LogP contribution < -0.4 is 9.64 Å². The minimum atomic E-state index is -0.0205. The van der Waals surface area contributed by atoms with Gasteiger partial charge in [-0.25, -0.2) is 0 Å². The molecule has 0 N–H and O–H groups in total. The molecule has 1 atom stereocenters. The molecule has 0 bridgehead atoms. The second-order valence-electron chi connectivity index (χ2n) is 5.80. The van der Waals surface area contributed by atoms with Crippen LogP contribution in [0.15, 0.2) is 53.5 Å². The lowest BCUT2D eigenvalue weighted by atomic mass is 10.1. The summed E-state index contributed by atoms with van der Waals surface area (Å²) in [5, 5.41) is 1.38. The Balaban J connectivity index is 1.86. The molecule has 0 aromatic heterocycles. The van der Waals surface area contributed by atoms with Crippen LogP contribution in [0, 0.1) is 0 Å². The van der Waals surface area contributed by atoms with Crippen LogP contribution in [0.25, 0.3) is 0 Å². The number of hydrogen-bond acceptors (Lipinski definition) is 4. The summed E-state index contributed by atoms with van der Waals surface area (Å²) in [5.74, 6) is 1.64. The van der Waals surface area contributed by atoms with Crippen molar-refractivity contribution >= 4 is 40.1 Å². The molecule has 1 aliphatic rings. The van der Waals surface area contributed by atoms with Gasteiger partial charge in [-0.15, -0.1) is 0 Å². The summed E-state index contributed by atoms with van der Waals surface area (Å²) >= 11 is 7.59. The normalized spacial score (nSPS) is 16.4. The third kappa shape index (κ3) is 4.35. The van der Waals surface area contributed by atoms with Gasteiger partial charge in [-0.1, -0.05) is 35.5 Å². The number of anilines is 1. The van der Waals surface area contributed by atoms with Gasteiger partial charge in [0.2, 0.25) is 5.91 Å². The smallest absolute Gasteiger partial charge is 0.237 e. The Morgan fingerprint density at radius 2 is 1.92 bits per heavy atom. The van der Waals surface area contributed by atoms with Crippen molar-refractivity contribution in [2.75, 3.05) is 17.8 Å². The quantitative estimate of drug-likeness (QED) is 0.795. The van der Waals surface area contributed by atoms with E-state index in [4.69, 9.17) is 16.3 Å². The lowest BCUT2D eigenvalue weighted by molar-refractivity contribution is -0.117. The zero-order chi connectivity index (χ0) is 17.8. The number of amides is 1. The Kier molecular flexibility index (Phi) is 5.66. The molecule has 0 unspecified atom stereocenters. The van der Waals surface area contributed by atoms with Gasteiger partial charge in [0.1, 0.15) is 5.75 Å². The Hall–Kier alpha value is -1.98. The van der Waals surface area contributed by atoms with Gasteiger partial charge in [-0.3, -0.25) is 14.7 Å². The van der Waals surface area contributed by atoms with E-state index >= 15 is 0 Å². The number of halogens is 1. The molecule has 0 saturated carbocycles. The fourth-order valence-corrected chi connectivity index (χ4v) is 3.71. The summed E-state index contributed by atoms with van der Waals surface area (Å²) in [6.45, 7) is 2.05. The third-order valence-electron chi connectivity index (χ3n) is 3.82. The number of nitrogens with zero attached hydrogens (tertiary/aromatic N) is 2. The van der Waals surface area contributed by atoms with Crippen molar-refractivity contribution < 1.29 is 9.53 Å². The van der Waals surface area contributed by atoms with E-state index in [0.29, 0.717) is 11.4 Å². The first-order valence-corrected chi connectivity index (χ1v) is 9.35. The van der Waals surface area contributed by atoms with Crippen molar-refractivity contribution in [3.8, 4) is 5.75 Å². The van der Waals surface area contributed by atoms with Gasteiger partial charge in [0.15, 0.2) is 5.17 Å². The average molecular weight is 375 g/mol. The number of rotatable bonds is 4. The summed E-state index contributed by atoms with van der Waals surface area (Å²) in [4.78, 5) is 19.3. The number of aliphatic imine (C=N–C) groups is 1. The van der Waals surface area contributed by atoms with E-state index in [9.17, 15) is 4.79 Å². The summed E-state index contributed by atoms with van der Waals surface area (Å²) in [6.07, 6.45) is 0.292. The van der Waals surface area contributed by atoms with Crippen LogP contribution in [0.5, 0.6) is 5.75 Å². The molecule has 0 radical (unpaired) electrons. The lowest BCUT2D eigenvalue weighted by Crippen LogP contribution is -2.35. The first kappa shape index (κ1) is 17.8. The van der Waals surface area contributed by atoms with E-state index in [-0.39, 0.29) is 11.9 Å². The molecule has 2 aromatic carbocycles. The van der Waals surface area contributed by atoms with Gasteiger partial charge in [-0.2, -0.15) is 0 Å². The van der Waals surface area contributed by atoms with Crippen LogP contribution in [-0.2, 0) is 11.2 Å². The Labute approximate surface area is 156 Å². The fourth-order valence-electron chi connectivity index (χ4n) is 2.53. The molecular weight excluding hydrogens is 356 g/mol. The predicted octanol–water partition coefficient (Wildman–Crippen LogP) is 4.42. The molecule has 0 saturated heterocycles. The molecular formula is C19H19ClN2O2S. The predicted molar refractivity (Wildman–Crippen MR) is 105 cm³/mol. The molecule has 0 fully saturated rings. The van der Waals surface area contributed by atoms with E-state index in [1.807, 2.05) is 43.3 Å². The molecule has 0 spiro atoms. The zero-order valence-electron chi connectivity index (χ0n) is 14.1. The number of hydrogen-bond donors (Lipinski definition) is 0. The van der Waals surface area contributed by atoms with Crippen LogP contribution in [0.3, 0.4) is 0 Å². The SMILES string of the molecule is COc1ccc(CC(=O)N(C2=N[C@H](C)CS2)c2ccc(Cl)cc2)cc1. The average Bonchev–Trinajstić information content (AvgIpc) is 3.03. The minimum absolute atomic E-state index is 0.0205. The number of carbonyl (C=O) groups is 1. The molecule has 1 heterocycles. The van der Waals surface area contributed by atoms with Crippen molar-refractivity contribution in [1.82, 2.24) is 0 Å².